The summed E-state index contributed by atoms with van der Waals surface area (Å²) in [5.41, 5.74) is 2.39. The van der Waals surface area contributed by atoms with Gasteiger partial charge in [-0.15, -0.1) is 11.3 Å². The number of fused-ring (bicyclic) bond motifs is 3. The van der Waals surface area contributed by atoms with Crippen molar-refractivity contribution >= 4 is 41.7 Å². The van der Waals surface area contributed by atoms with Crippen molar-refractivity contribution in [3.05, 3.63) is 164 Å². The molecule has 0 radical (unpaired) electrons. The second-order valence-corrected chi connectivity index (χ2v) is 14.3. The van der Waals surface area contributed by atoms with Crippen LogP contribution < -0.4 is 0 Å². The van der Waals surface area contributed by atoms with E-state index in [9.17, 15) is 0 Å². The van der Waals surface area contributed by atoms with Crippen molar-refractivity contribution in [1.29, 1.82) is 0 Å². The van der Waals surface area contributed by atoms with Crippen molar-refractivity contribution in [1.82, 2.24) is 4.98 Å². The molecule has 40 heavy (non-hydrogen) atoms. The standard InChI is InChI=1S/C17H11NS.C14H16S.C6H6/c1-2-6-12(7-3-1)13-10-15-14-8-4-5-9-16(14)19-17(15)18-11-13;1-15(2,13-9-5-3-6-10-13)14-11-7-4-8-12-14;1-2-4-6-5-3-1/h1-11H;3-12H,1-2H3;1-6H. The zero-order chi connectivity index (χ0) is 27.6. The Morgan fingerprint density at radius 1 is 0.475 bits per heavy atom. The molecule has 0 fully saturated rings. The molecule has 0 amide bonds. The van der Waals surface area contributed by atoms with Gasteiger partial charge in [-0.25, -0.2) is 4.98 Å². The zero-order valence-electron chi connectivity index (χ0n) is 22.9. The van der Waals surface area contributed by atoms with Crippen LogP contribution in [-0.2, 0) is 0 Å². The average molecular weight is 556 g/mol. The lowest BCUT2D eigenvalue weighted by Gasteiger charge is -2.32. The largest absolute Gasteiger partial charge is 0.245 e. The van der Waals surface area contributed by atoms with Gasteiger partial charge in [-0.1, -0.05) is 121 Å². The Morgan fingerprint density at radius 3 is 1.48 bits per heavy atom. The van der Waals surface area contributed by atoms with Gasteiger partial charge in [-0.3, -0.25) is 0 Å². The minimum absolute atomic E-state index is 0.839. The van der Waals surface area contributed by atoms with Crippen LogP contribution in [0.3, 0.4) is 0 Å². The second kappa shape index (κ2) is 13.3. The fraction of sp³-hybridized carbons (Fsp3) is 0.0541. The summed E-state index contributed by atoms with van der Waals surface area (Å²) in [7, 11) is -0.839. The van der Waals surface area contributed by atoms with Crippen molar-refractivity contribution in [3.63, 3.8) is 0 Å². The molecule has 0 atom stereocenters. The number of hydrogen-bond donors (Lipinski definition) is 0. The predicted molar refractivity (Wildman–Crippen MR) is 178 cm³/mol. The lowest BCUT2D eigenvalue weighted by atomic mass is 10.1. The topological polar surface area (TPSA) is 12.9 Å². The maximum absolute atomic E-state index is 4.61. The molecule has 1 nitrogen and oxygen atoms in total. The molecule has 2 aromatic heterocycles. The number of benzene rings is 5. The summed E-state index contributed by atoms with van der Waals surface area (Å²) in [4.78, 5) is 8.61. The lowest BCUT2D eigenvalue weighted by molar-refractivity contribution is 1.36. The summed E-state index contributed by atoms with van der Waals surface area (Å²) in [6, 6.07) is 54.7. The molecule has 0 aliphatic rings. The Labute approximate surface area is 243 Å². The average Bonchev–Trinajstić information content (AvgIpc) is 3.42. The molecule has 0 spiro atoms. The Morgan fingerprint density at radius 2 is 0.925 bits per heavy atom. The van der Waals surface area contributed by atoms with Gasteiger partial charge in [-0.05, 0) is 64.3 Å². The van der Waals surface area contributed by atoms with Crippen molar-refractivity contribution in [2.75, 3.05) is 12.5 Å². The number of rotatable bonds is 3. The Kier molecular flexibility index (Phi) is 9.07. The molecule has 0 saturated carbocycles. The summed E-state index contributed by atoms with van der Waals surface area (Å²) < 4.78 is 1.30. The third-order valence-corrected chi connectivity index (χ3v) is 10.7. The SMILES string of the molecule is CS(C)(c1ccccc1)c1ccccc1.c1ccc(-c2cnc3sc4ccccc4c3c2)cc1.c1ccccc1. The molecule has 0 unspecified atom stereocenters. The lowest BCUT2D eigenvalue weighted by Crippen LogP contribution is -1.96. The highest BCUT2D eigenvalue weighted by molar-refractivity contribution is 8.32. The molecule has 0 aliphatic heterocycles. The van der Waals surface area contributed by atoms with Crippen LogP contribution in [0.2, 0.25) is 0 Å². The molecular weight excluding hydrogens is 523 g/mol. The van der Waals surface area contributed by atoms with Crippen LogP contribution in [0.25, 0.3) is 31.4 Å². The van der Waals surface area contributed by atoms with E-state index in [0.29, 0.717) is 0 Å². The van der Waals surface area contributed by atoms with Gasteiger partial charge in [-0.2, -0.15) is 10.0 Å². The van der Waals surface area contributed by atoms with E-state index in [4.69, 9.17) is 0 Å². The van der Waals surface area contributed by atoms with Crippen LogP contribution in [0.15, 0.2) is 174 Å². The number of nitrogens with zero attached hydrogens (tertiary/aromatic N) is 1. The number of hydrogen-bond acceptors (Lipinski definition) is 2. The summed E-state index contributed by atoms with van der Waals surface area (Å²) in [6.07, 6.45) is 6.66. The van der Waals surface area contributed by atoms with Gasteiger partial charge < -0.3 is 0 Å². The molecule has 3 heteroatoms. The van der Waals surface area contributed by atoms with Crippen LogP contribution in [0, 0.1) is 0 Å². The maximum Gasteiger partial charge on any atom is 0.124 e. The quantitative estimate of drug-likeness (QED) is 0.211. The first-order valence-corrected chi connectivity index (χ1v) is 16.6. The van der Waals surface area contributed by atoms with Gasteiger partial charge in [0.1, 0.15) is 4.83 Å². The molecule has 198 valence electrons. The number of aromatic nitrogens is 1. The highest BCUT2D eigenvalue weighted by Crippen LogP contribution is 2.56. The minimum atomic E-state index is -0.839. The van der Waals surface area contributed by atoms with Crippen LogP contribution in [0.5, 0.6) is 0 Å². The molecule has 0 saturated heterocycles. The van der Waals surface area contributed by atoms with Gasteiger partial charge in [0.05, 0.1) is 0 Å². The Balaban J connectivity index is 0.000000137. The van der Waals surface area contributed by atoms with Crippen LogP contribution in [0.1, 0.15) is 0 Å². The summed E-state index contributed by atoms with van der Waals surface area (Å²) in [6.45, 7) is 0. The zero-order valence-corrected chi connectivity index (χ0v) is 24.5. The highest BCUT2D eigenvalue weighted by atomic mass is 32.3. The smallest absolute Gasteiger partial charge is 0.124 e. The summed E-state index contributed by atoms with van der Waals surface area (Å²) >= 11 is 1.75. The van der Waals surface area contributed by atoms with Crippen molar-refractivity contribution < 1.29 is 0 Å². The monoisotopic (exact) mass is 555 g/mol. The molecule has 0 bridgehead atoms. The number of pyridine rings is 1. The minimum Gasteiger partial charge on any atom is -0.245 e. The molecular formula is C37H33NS2. The van der Waals surface area contributed by atoms with E-state index < -0.39 is 10.0 Å². The second-order valence-electron chi connectivity index (χ2n) is 9.65. The molecule has 7 rings (SSSR count). The first-order valence-electron chi connectivity index (χ1n) is 13.3. The first kappa shape index (κ1) is 27.4. The number of thiophene rings is 1. The van der Waals surface area contributed by atoms with Crippen LogP contribution in [0.4, 0.5) is 0 Å². The molecule has 7 aromatic rings. The molecule has 5 aromatic carbocycles. The van der Waals surface area contributed by atoms with Crippen molar-refractivity contribution in [3.8, 4) is 11.1 Å². The molecule has 0 aliphatic carbocycles. The maximum atomic E-state index is 4.61. The van der Waals surface area contributed by atoms with Gasteiger partial charge >= 0.3 is 0 Å². The van der Waals surface area contributed by atoms with E-state index in [2.05, 4.69) is 133 Å². The van der Waals surface area contributed by atoms with Gasteiger partial charge in [0, 0.05) is 27.2 Å². The van der Waals surface area contributed by atoms with E-state index >= 15 is 0 Å². The predicted octanol–water partition coefficient (Wildman–Crippen LogP) is 11.0. The fourth-order valence-corrected chi connectivity index (χ4v) is 7.41. The van der Waals surface area contributed by atoms with Crippen molar-refractivity contribution in [2.24, 2.45) is 0 Å². The van der Waals surface area contributed by atoms with Crippen LogP contribution >= 0.6 is 21.4 Å². The normalized spacial score (nSPS) is 11.2. The third-order valence-electron chi connectivity index (χ3n) is 6.67. The highest BCUT2D eigenvalue weighted by Gasteiger charge is 2.16. The molecule has 0 N–H and O–H groups in total. The third kappa shape index (κ3) is 6.69. The Hall–Kier alpha value is -4.18. The van der Waals surface area contributed by atoms with E-state index in [-0.39, 0.29) is 0 Å². The van der Waals surface area contributed by atoms with E-state index in [1.807, 2.05) is 48.7 Å². The Bertz CT molecular complexity index is 1680. The van der Waals surface area contributed by atoms with Gasteiger partial charge in [0.25, 0.3) is 0 Å². The van der Waals surface area contributed by atoms with E-state index in [0.717, 1.165) is 4.83 Å². The van der Waals surface area contributed by atoms with Gasteiger partial charge in [0.2, 0.25) is 0 Å². The first-order chi connectivity index (χ1) is 19.6. The van der Waals surface area contributed by atoms with E-state index in [1.165, 1.54) is 36.4 Å². The van der Waals surface area contributed by atoms with E-state index in [1.54, 1.807) is 11.3 Å². The fourth-order valence-electron chi connectivity index (χ4n) is 4.44. The van der Waals surface area contributed by atoms with Crippen LogP contribution in [-0.4, -0.2) is 17.5 Å². The van der Waals surface area contributed by atoms with Gasteiger partial charge in [0.15, 0.2) is 0 Å². The molecule has 2 heterocycles. The summed E-state index contributed by atoms with van der Waals surface area (Å²) in [5, 5.41) is 2.55. The van der Waals surface area contributed by atoms with Crippen molar-refractivity contribution in [2.45, 2.75) is 9.79 Å². The summed E-state index contributed by atoms with van der Waals surface area (Å²) in [5.74, 6) is 0.